The van der Waals surface area contributed by atoms with Gasteiger partial charge in [-0.05, 0) is 37.5 Å². The predicted molar refractivity (Wildman–Crippen MR) is 63.7 cm³/mol. The predicted octanol–water partition coefficient (Wildman–Crippen LogP) is 1.55. The van der Waals surface area contributed by atoms with Crippen LogP contribution in [-0.2, 0) is 0 Å². The molecule has 2 aliphatic heterocycles. The van der Waals surface area contributed by atoms with Gasteiger partial charge in [0.05, 0.1) is 0 Å². The molecule has 2 heterocycles. The summed E-state index contributed by atoms with van der Waals surface area (Å²) in [5.41, 5.74) is 6.02. The van der Waals surface area contributed by atoms with Crippen molar-refractivity contribution in [2.45, 2.75) is 37.5 Å². The lowest BCUT2D eigenvalue weighted by Crippen LogP contribution is -2.47. The fourth-order valence-corrected chi connectivity index (χ4v) is 3.81. The zero-order chi connectivity index (χ0) is 9.97. The van der Waals surface area contributed by atoms with E-state index in [4.69, 9.17) is 5.73 Å². The first-order valence-corrected chi connectivity index (χ1v) is 6.90. The van der Waals surface area contributed by atoms with Gasteiger partial charge in [0, 0.05) is 24.4 Å². The Morgan fingerprint density at radius 1 is 1.43 bits per heavy atom. The number of piperidine rings is 1. The van der Waals surface area contributed by atoms with Crippen molar-refractivity contribution < 1.29 is 0 Å². The largest absolute Gasteiger partial charge is 0.327 e. The van der Waals surface area contributed by atoms with Crippen LogP contribution in [0.4, 0.5) is 0 Å². The molecular weight excluding hydrogens is 192 g/mol. The lowest BCUT2D eigenvalue weighted by atomic mass is 9.94. The zero-order valence-electron chi connectivity index (χ0n) is 9.11. The number of hydrogen-bond acceptors (Lipinski definition) is 3. The first kappa shape index (κ1) is 10.8. The van der Waals surface area contributed by atoms with Crippen molar-refractivity contribution in [3.63, 3.8) is 0 Å². The lowest BCUT2D eigenvalue weighted by Gasteiger charge is -2.36. The summed E-state index contributed by atoms with van der Waals surface area (Å²) in [6.07, 6.45) is 4.05. The highest BCUT2D eigenvalue weighted by Gasteiger charge is 2.26. The van der Waals surface area contributed by atoms with Crippen LogP contribution in [0.5, 0.6) is 0 Å². The third-order valence-electron chi connectivity index (χ3n) is 3.54. The van der Waals surface area contributed by atoms with Gasteiger partial charge in [0.1, 0.15) is 0 Å². The summed E-state index contributed by atoms with van der Waals surface area (Å²) < 4.78 is 0. The average Bonchev–Trinajstić information content (AvgIpc) is 2.64. The molecule has 0 bridgehead atoms. The highest BCUT2D eigenvalue weighted by Crippen LogP contribution is 2.28. The van der Waals surface area contributed by atoms with E-state index in [-0.39, 0.29) is 0 Å². The fraction of sp³-hybridized carbons (Fsp3) is 1.00. The minimum atomic E-state index is 0.447. The van der Waals surface area contributed by atoms with Gasteiger partial charge < -0.3 is 10.6 Å². The van der Waals surface area contributed by atoms with Gasteiger partial charge in [-0.25, -0.2) is 0 Å². The normalized spacial score (nSPS) is 40.3. The van der Waals surface area contributed by atoms with Gasteiger partial charge in [0.25, 0.3) is 0 Å². The molecule has 2 N–H and O–H groups in total. The second kappa shape index (κ2) is 4.86. The first-order chi connectivity index (χ1) is 6.75. The van der Waals surface area contributed by atoms with Crippen LogP contribution < -0.4 is 5.73 Å². The molecule has 2 nitrogen and oxygen atoms in total. The fourth-order valence-electron chi connectivity index (χ4n) is 2.49. The van der Waals surface area contributed by atoms with Crippen molar-refractivity contribution >= 4 is 11.8 Å². The maximum absolute atomic E-state index is 6.02. The quantitative estimate of drug-likeness (QED) is 0.756. The molecule has 2 rings (SSSR count). The van der Waals surface area contributed by atoms with E-state index >= 15 is 0 Å². The van der Waals surface area contributed by atoms with E-state index < -0.39 is 0 Å². The Morgan fingerprint density at radius 2 is 2.29 bits per heavy atom. The number of nitrogens with two attached hydrogens (primary N) is 1. The van der Waals surface area contributed by atoms with E-state index in [1.54, 1.807) is 0 Å². The van der Waals surface area contributed by atoms with Crippen LogP contribution in [0, 0.1) is 5.92 Å². The van der Waals surface area contributed by atoms with Gasteiger partial charge in [0.2, 0.25) is 0 Å². The number of likely N-dealkylation sites (tertiary alicyclic amines) is 1. The molecule has 2 fully saturated rings. The van der Waals surface area contributed by atoms with E-state index in [9.17, 15) is 0 Å². The average molecular weight is 214 g/mol. The third-order valence-corrected chi connectivity index (χ3v) is 4.92. The number of hydrogen-bond donors (Lipinski definition) is 1. The summed E-state index contributed by atoms with van der Waals surface area (Å²) in [6.45, 7) is 6.04. The molecule has 3 unspecified atom stereocenters. The third kappa shape index (κ3) is 2.65. The highest BCUT2D eigenvalue weighted by molar-refractivity contribution is 8.00. The van der Waals surface area contributed by atoms with Crippen LogP contribution in [0.25, 0.3) is 0 Å². The molecule has 3 atom stereocenters. The number of thioether (sulfide) groups is 1. The van der Waals surface area contributed by atoms with E-state index in [0.29, 0.717) is 12.0 Å². The van der Waals surface area contributed by atoms with Gasteiger partial charge in [-0.2, -0.15) is 11.8 Å². The SMILES string of the molecule is CC1CN(CC2CCCS2)CCC1N. The molecule has 2 saturated heterocycles. The molecule has 0 spiro atoms. The summed E-state index contributed by atoms with van der Waals surface area (Å²) in [6, 6.07) is 0.447. The summed E-state index contributed by atoms with van der Waals surface area (Å²) in [4.78, 5) is 2.62. The monoisotopic (exact) mass is 214 g/mol. The lowest BCUT2D eigenvalue weighted by molar-refractivity contribution is 0.165. The minimum Gasteiger partial charge on any atom is -0.327 e. The van der Waals surface area contributed by atoms with E-state index in [2.05, 4.69) is 23.6 Å². The van der Waals surface area contributed by atoms with Crippen LogP contribution >= 0.6 is 11.8 Å². The highest BCUT2D eigenvalue weighted by atomic mass is 32.2. The minimum absolute atomic E-state index is 0.447. The van der Waals surface area contributed by atoms with Gasteiger partial charge in [0.15, 0.2) is 0 Å². The Morgan fingerprint density at radius 3 is 2.93 bits per heavy atom. The molecule has 0 radical (unpaired) electrons. The first-order valence-electron chi connectivity index (χ1n) is 5.85. The molecular formula is C11H22N2S. The van der Waals surface area contributed by atoms with Crippen molar-refractivity contribution in [2.75, 3.05) is 25.4 Å². The van der Waals surface area contributed by atoms with Crippen molar-refractivity contribution in [1.82, 2.24) is 4.90 Å². The Balaban J connectivity index is 1.75. The number of nitrogens with zero attached hydrogens (tertiary/aromatic N) is 1. The summed E-state index contributed by atoms with van der Waals surface area (Å²) in [5.74, 6) is 2.07. The summed E-state index contributed by atoms with van der Waals surface area (Å²) in [5, 5.41) is 0.913. The zero-order valence-corrected chi connectivity index (χ0v) is 9.93. The second-order valence-electron chi connectivity index (χ2n) is 4.82. The number of rotatable bonds is 2. The Hall–Kier alpha value is 0.270. The van der Waals surface area contributed by atoms with Crippen molar-refractivity contribution in [3.05, 3.63) is 0 Å². The molecule has 0 aromatic rings. The molecule has 0 amide bonds. The molecule has 14 heavy (non-hydrogen) atoms. The molecule has 0 aromatic carbocycles. The standard InChI is InChI=1S/C11H22N2S/c1-9-7-13(5-4-11(9)12)8-10-3-2-6-14-10/h9-11H,2-8,12H2,1H3. The maximum atomic E-state index is 6.02. The maximum Gasteiger partial charge on any atom is 0.0175 e. The molecule has 82 valence electrons. The van der Waals surface area contributed by atoms with Crippen molar-refractivity contribution in [1.29, 1.82) is 0 Å². The van der Waals surface area contributed by atoms with Gasteiger partial charge in [-0.1, -0.05) is 6.92 Å². The molecule has 0 saturated carbocycles. The van der Waals surface area contributed by atoms with Gasteiger partial charge in [-0.3, -0.25) is 0 Å². The topological polar surface area (TPSA) is 29.3 Å². The van der Waals surface area contributed by atoms with Crippen LogP contribution in [-0.4, -0.2) is 41.6 Å². The summed E-state index contributed by atoms with van der Waals surface area (Å²) in [7, 11) is 0. The Bertz CT molecular complexity index is 180. The molecule has 2 aliphatic rings. The van der Waals surface area contributed by atoms with Crippen LogP contribution in [0.2, 0.25) is 0 Å². The van der Waals surface area contributed by atoms with Crippen molar-refractivity contribution in [3.8, 4) is 0 Å². The van der Waals surface area contributed by atoms with Crippen molar-refractivity contribution in [2.24, 2.45) is 11.7 Å². The molecule has 3 heteroatoms. The molecule has 0 aliphatic carbocycles. The summed E-state index contributed by atoms with van der Waals surface area (Å²) >= 11 is 2.17. The van der Waals surface area contributed by atoms with Gasteiger partial charge >= 0.3 is 0 Å². The second-order valence-corrected chi connectivity index (χ2v) is 6.23. The van der Waals surface area contributed by atoms with Crippen LogP contribution in [0.3, 0.4) is 0 Å². The van der Waals surface area contributed by atoms with Gasteiger partial charge in [-0.15, -0.1) is 0 Å². The van der Waals surface area contributed by atoms with E-state index in [0.717, 1.165) is 5.25 Å². The van der Waals surface area contributed by atoms with E-state index in [1.165, 1.54) is 44.6 Å². The smallest absolute Gasteiger partial charge is 0.0175 e. The Labute approximate surface area is 91.6 Å². The molecule has 0 aromatic heterocycles. The van der Waals surface area contributed by atoms with Crippen LogP contribution in [0.15, 0.2) is 0 Å². The van der Waals surface area contributed by atoms with E-state index in [1.807, 2.05) is 0 Å². The van der Waals surface area contributed by atoms with Crippen LogP contribution in [0.1, 0.15) is 26.2 Å². The Kier molecular flexibility index (Phi) is 3.74.